The van der Waals surface area contributed by atoms with Crippen molar-refractivity contribution >= 4 is 17.2 Å². The molecule has 134 valence electrons. The van der Waals surface area contributed by atoms with Gasteiger partial charge in [-0.3, -0.25) is 9.89 Å². The van der Waals surface area contributed by atoms with E-state index < -0.39 is 0 Å². The maximum Gasteiger partial charge on any atom is 0.272 e. The smallest absolute Gasteiger partial charge is 0.272 e. The summed E-state index contributed by atoms with van der Waals surface area (Å²) in [4.78, 5) is 15.0. The molecule has 7 heteroatoms. The van der Waals surface area contributed by atoms with Gasteiger partial charge >= 0.3 is 0 Å². The SMILES string of the molecule is CO[C@@H]1CC[C@@]2(OC)CCN(C(=O)c3cc(-c4ccsc4)n[nH]3)[C@H]2C1. The van der Waals surface area contributed by atoms with Gasteiger partial charge in [-0.25, -0.2) is 0 Å². The molecule has 2 aromatic heterocycles. The van der Waals surface area contributed by atoms with E-state index in [1.807, 2.05) is 27.8 Å². The number of nitrogens with zero attached hydrogens (tertiary/aromatic N) is 2. The lowest BCUT2D eigenvalue weighted by molar-refractivity contribution is -0.0894. The monoisotopic (exact) mass is 361 g/mol. The van der Waals surface area contributed by atoms with Crippen molar-refractivity contribution in [1.29, 1.82) is 0 Å². The van der Waals surface area contributed by atoms with Crippen LogP contribution in [0.2, 0.25) is 0 Å². The zero-order valence-corrected chi connectivity index (χ0v) is 15.3. The third kappa shape index (κ3) is 2.80. The fourth-order valence-corrected chi connectivity index (χ4v) is 4.91. The van der Waals surface area contributed by atoms with E-state index in [1.54, 1.807) is 25.6 Å². The Morgan fingerprint density at radius 3 is 3.04 bits per heavy atom. The number of thiophene rings is 1. The van der Waals surface area contributed by atoms with Gasteiger partial charge in [-0.15, -0.1) is 0 Å². The van der Waals surface area contributed by atoms with Crippen molar-refractivity contribution in [2.45, 2.75) is 43.4 Å². The van der Waals surface area contributed by atoms with Gasteiger partial charge in [0, 0.05) is 31.7 Å². The van der Waals surface area contributed by atoms with E-state index in [1.165, 1.54) is 0 Å². The van der Waals surface area contributed by atoms with Gasteiger partial charge in [-0.05, 0) is 43.2 Å². The zero-order chi connectivity index (χ0) is 17.4. The summed E-state index contributed by atoms with van der Waals surface area (Å²) in [6.45, 7) is 0.709. The Balaban J connectivity index is 1.57. The average Bonchev–Trinajstić information content (AvgIpc) is 3.39. The number of carbonyl (C=O) groups is 1. The van der Waals surface area contributed by atoms with Crippen LogP contribution in [0.5, 0.6) is 0 Å². The van der Waals surface area contributed by atoms with Crippen LogP contribution in [0.15, 0.2) is 22.9 Å². The standard InChI is InChI=1S/C18H23N3O3S/c1-23-13-3-5-18(24-2)6-7-21(16(18)9-13)17(22)15-10-14(19-20-15)12-4-8-25-11-12/h4,8,10-11,13,16H,3,5-7,9H2,1-2H3,(H,19,20)/t13-,16+,18-/m1/s1. The van der Waals surface area contributed by atoms with Gasteiger partial charge in [0.25, 0.3) is 5.91 Å². The first-order valence-electron chi connectivity index (χ1n) is 8.64. The Morgan fingerprint density at radius 1 is 1.44 bits per heavy atom. The number of aromatic amines is 1. The van der Waals surface area contributed by atoms with Crippen LogP contribution in [-0.4, -0.2) is 59.5 Å². The summed E-state index contributed by atoms with van der Waals surface area (Å²) >= 11 is 1.62. The molecule has 0 aromatic carbocycles. The zero-order valence-electron chi connectivity index (χ0n) is 14.5. The number of fused-ring (bicyclic) bond motifs is 1. The minimum absolute atomic E-state index is 0.00495. The first-order valence-corrected chi connectivity index (χ1v) is 9.58. The minimum atomic E-state index is -0.235. The van der Waals surface area contributed by atoms with E-state index >= 15 is 0 Å². The molecule has 0 spiro atoms. The summed E-state index contributed by atoms with van der Waals surface area (Å²) in [5, 5.41) is 11.2. The van der Waals surface area contributed by atoms with Gasteiger partial charge in [0.1, 0.15) is 5.69 Å². The molecule has 1 saturated carbocycles. The second kappa shape index (κ2) is 6.55. The molecule has 0 radical (unpaired) electrons. The molecule has 0 unspecified atom stereocenters. The molecular formula is C18H23N3O3S. The van der Waals surface area contributed by atoms with E-state index in [0.717, 1.165) is 36.9 Å². The molecule has 1 aliphatic carbocycles. The molecule has 2 aromatic rings. The number of likely N-dealkylation sites (tertiary alicyclic amines) is 1. The predicted octanol–water partition coefficient (Wildman–Crippen LogP) is 2.94. The highest BCUT2D eigenvalue weighted by molar-refractivity contribution is 7.08. The Bertz CT molecular complexity index is 745. The normalized spacial score (nSPS) is 29.0. The van der Waals surface area contributed by atoms with Crippen molar-refractivity contribution in [3.8, 4) is 11.3 Å². The van der Waals surface area contributed by atoms with Gasteiger partial charge in [0.05, 0.1) is 23.4 Å². The van der Waals surface area contributed by atoms with E-state index in [-0.39, 0.29) is 23.7 Å². The van der Waals surface area contributed by atoms with E-state index in [4.69, 9.17) is 9.47 Å². The van der Waals surface area contributed by atoms with Crippen molar-refractivity contribution < 1.29 is 14.3 Å². The van der Waals surface area contributed by atoms with E-state index in [0.29, 0.717) is 12.2 Å². The molecular weight excluding hydrogens is 338 g/mol. The van der Waals surface area contributed by atoms with E-state index in [9.17, 15) is 4.79 Å². The largest absolute Gasteiger partial charge is 0.381 e. The summed E-state index contributed by atoms with van der Waals surface area (Å²) in [5.74, 6) is -0.00495. The van der Waals surface area contributed by atoms with Crippen molar-refractivity contribution in [1.82, 2.24) is 15.1 Å². The number of nitrogens with one attached hydrogen (secondary N) is 1. The molecule has 0 bridgehead atoms. The summed E-state index contributed by atoms with van der Waals surface area (Å²) in [7, 11) is 3.51. The van der Waals surface area contributed by atoms with Gasteiger partial charge in [0.2, 0.25) is 0 Å². The van der Waals surface area contributed by atoms with Crippen LogP contribution in [0.1, 0.15) is 36.2 Å². The number of amides is 1. The molecule has 3 heterocycles. The summed E-state index contributed by atoms with van der Waals surface area (Å²) in [6.07, 6.45) is 3.79. The molecule has 1 aliphatic heterocycles. The van der Waals surface area contributed by atoms with Crippen LogP contribution in [-0.2, 0) is 9.47 Å². The first kappa shape index (κ1) is 16.8. The molecule has 6 nitrogen and oxygen atoms in total. The maximum absolute atomic E-state index is 13.1. The summed E-state index contributed by atoms with van der Waals surface area (Å²) in [6, 6.07) is 3.90. The number of methoxy groups -OCH3 is 2. The average molecular weight is 361 g/mol. The topological polar surface area (TPSA) is 67.5 Å². The predicted molar refractivity (Wildman–Crippen MR) is 95.7 cm³/mol. The van der Waals surface area contributed by atoms with Gasteiger partial charge < -0.3 is 14.4 Å². The fraction of sp³-hybridized carbons (Fsp3) is 0.556. The van der Waals surface area contributed by atoms with Crippen LogP contribution in [0, 0.1) is 0 Å². The van der Waals surface area contributed by atoms with Crippen molar-refractivity contribution in [2.24, 2.45) is 0 Å². The Kier molecular flexibility index (Phi) is 4.39. The molecule has 1 N–H and O–H groups in total. The lowest BCUT2D eigenvalue weighted by Crippen LogP contribution is -2.53. The molecule has 1 saturated heterocycles. The Morgan fingerprint density at radius 2 is 2.32 bits per heavy atom. The highest BCUT2D eigenvalue weighted by Gasteiger charge is 2.52. The molecule has 1 amide bonds. The van der Waals surface area contributed by atoms with Gasteiger partial charge in [-0.2, -0.15) is 16.4 Å². The fourth-order valence-electron chi connectivity index (χ4n) is 4.26. The molecule has 4 rings (SSSR count). The first-order chi connectivity index (χ1) is 12.2. The van der Waals surface area contributed by atoms with Crippen molar-refractivity contribution in [3.05, 3.63) is 28.6 Å². The van der Waals surface area contributed by atoms with Crippen LogP contribution >= 0.6 is 11.3 Å². The summed E-state index contributed by atoms with van der Waals surface area (Å²) in [5.41, 5.74) is 2.14. The molecule has 2 aliphatic rings. The quantitative estimate of drug-likeness (QED) is 0.909. The second-order valence-electron chi connectivity index (χ2n) is 6.84. The lowest BCUT2D eigenvalue weighted by atomic mass is 9.79. The summed E-state index contributed by atoms with van der Waals surface area (Å²) < 4.78 is 11.5. The van der Waals surface area contributed by atoms with Crippen molar-refractivity contribution in [3.63, 3.8) is 0 Å². The second-order valence-corrected chi connectivity index (χ2v) is 7.62. The van der Waals surface area contributed by atoms with Crippen LogP contribution in [0.25, 0.3) is 11.3 Å². The number of ether oxygens (including phenoxy) is 2. The highest BCUT2D eigenvalue weighted by atomic mass is 32.1. The molecule has 3 atom stereocenters. The van der Waals surface area contributed by atoms with Crippen LogP contribution in [0.3, 0.4) is 0 Å². The van der Waals surface area contributed by atoms with Crippen LogP contribution in [0.4, 0.5) is 0 Å². The number of hydrogen-bond acceptors (Lipinski definition) is 5. The van der Waals surface area contributed by atoms with Crippen LogP contribution < -0.4 is 0 Å². The lowest BCUT2D eigenvalue weighted by Gasteiger charge is -2.43. The number of H-pyrrole nitrogens is 1. The highest BCUT2D eigenvalue weighted by Crippen LogP contribution is 2.43. The molecule has 2 fully saturated rings. The maximum atomic E-state index is 13.1. The number of hydrogen-bond donors (Lipinski definition) is 1. The number of carbonyl (C=O) groups excluding carboxylic acids is 1. The number of aromatic nitrogens is 2. The molecule has 25 heavy (non-hydrogen) atoms. The Hall–Kier alpha value is -1.70. The minimum Gasteiger partial charge on any atom is -0.381 e. The van der Waals surface area contributed by atoms with E-state index in [2.05, 4.69) is 10.2 Å². The Labute approximate surface area is 151 Å². The van der Waals surface area contributed by atoms with Crippen molar-refractivity contribution in [2.75, 3.05) is 20.8 Å². The van der Waals surface area contributed by atoms with Gasteiger partial charge in [0.15, 0.2) is 0 Å². The third-order valence-electron chi connectivity index (χ3n) is 5.76. The number of rotatable bonds is 4. The third-order valence-corrected chi connectivity index (χ3v) is 6.44. The van der Waals surface area contributed by atoms with Gasteiger partial charge in [-0.1, -0.05) is 0 Å².